The lowest BCUT2D eigenvalue weighted by Crippen LogP contribution is -2.28. The fraction of sp³-hybridized carbons (Fsp3) is 0.538. The van der Waals surface area contributed by atoms with Crippen LogP contribution >= 0.6 is 0 Å². The van der Waals surface area contributed by atoms with Crippen LogP contribution in [0.3, 0.4) is 0 Å². The minimum atomic E-state index is -0.411. The van der Waals surface area contributed by atoms with Gasteiger partial charge in [-0.05, 0) is 33.2 Å². The van der Waals surface area contributed by atoms with Gasteiger partial charge in [0.05, 0.1) is 12.2 Å². The Hall–Kier alpha value is -2.22. The lowest BCUT2D eigenvalue weighted by Gasteiger charge is -2.07. The molecule has 0 spiro atoms. The summed E-state index contributed by atoms with van der Waals surface area (Å²) in [7, 11) is 0. The number of hydrogen-bond acceptors (Lipinski definition) is 7. The van der Waals surface area contributed by atoms with Gasteiger partial charge in [-0.15, -0.1) is 0 Å². The SMILES string of the molecule is Cc1cnc(C(C)NC(=O)c2noc(C3CCCN3)n2)o1. The minimum absolute atomic E-state index is 0.0221. The third-order valence-corrected chi connectivity index (χ3v) is 3.36. The fourth-order valence-corrected chi connectivity index (χ4v) is 2.26. The molecule has 2 aromatic heterocycles. The molecule has 2 atom stereocenters. The van der Waals surface area contributed by atoms with Crippen LogP contribution < -0.4 is 10.6 Å². The van der Waals surface area contributed by atoms with Crippen LogP contribution in [0.4, 0.5) is 0 Å². The topological polar surface area (TPSA) is 106 Å². The van der Waals surface area contributed by atoms with Crippen LogP contribution in [0.1, 0.15) is 60.0 Å². The van der Waals surface area contributed by atoms with Gasteiger partial charge in [-0.2, -0.15) is 4.98 Å². The Morgan fingerprint density at radius 1 is 1.57 bits per heavy atom. The number of carbonyl (C=O) groups is 1. The second-order valence-corrected chi connectivity index (χ2v) is 5.11. The second-order valence-electron chi connectivity index (χ2n) is 5.11. The molecule has 8 nitrogen and oxygen atoms in total. The molecule has 8 heteroatoms. The molecule has 2 aromatic rings. The maximum atomic E-state index is 12.1. The van der Waals surface area contributed by atoms with Crippen molar-refractivity contribution in [3.05, 3.63) is 29.6 Å². The van der Waals surface area contributed by atoms with Crippen LogP contribution in [-0.2, 0) is 0 Å². The Labute approximate surface area is 121 Å². The summed E-state index contributed by atoms with van der Waals surface area (Å²) < 4.78 is 10.5. The van der Waals surface area contributed by atoms with Crippen molar-refractivity contribution in [2.75, 3.05) is 6.54 Å². The normalized spacial score (nSPS) is 19.6. The predicted octanol–water partition coefficient (Wildman–Crippen LogP) is 1.28. The average molecular weight is 291 g/mol. The molecule has 3 rings (SSSR count). The second kappa shape index (κ2) is 5.65. The summed E-state index contributed by atoms with van der Waals surface area (Å²) in [5.74, 6) is 1.21. The van der Waals surface area contributed by atoms with Gasteiger partial charge >= 0.3 is 0 Å². The molecule has 2 unspecified atom stereocenters. The zero-order valence-corrected chi connectivity index (χ0v) is 11.9. The van der Waals surface area contributed by atoms with Crippen LogP contribution in [0, 0.1) is 6.92 Å². The van der Waals surface area contributed by atoms with Crippen LogP contribution in [0.15, 0.2) is 15.1 Å². The molecule has 1 amide bonds. The van der Waals surface area contributed by atoms with Gasteiger partial charge in [0.25, 0.3) is 11.7 Å². The molecule has 21 heavy (non-hydrogen) atoms. The standard InChI is InChI=1S/C13H17N5O3/c1-7-6-15-12(20-7)8(2)16-11(19)10-17-13(21-18-10)9-4-3-5-14-9/h6,8-9,14H,3-5H2,1-2H3,(H,16,19). The highest BCUT2D eigenvalue weighted by Gasteiger charge is 2.25. The number of amides is 1. The van der Waals surface area contributed by atoms with Crippen molar-refractivity contribution in [1.82, 2.24) is 25.8 Å². The predicted molar refractivity (Wildman–Crippen MR) is 71.4 cm³/mol. The van der Waals surface area contributed by atoms with Crippen LogP contribution in [0.25, 0.3) is 0 Å². The maximum Gasteiger partial charge on any atom is 0.293 e. The van der Waals surface area contributed by atoms with Crippen molar-refractivity contribution in [2.45, 2.75) is 38.8 Å². The molecule has 1 aliphatic rings. The third kappa shape index (κ3) is 2.94. The first-order chi connectivity index (χ1) is 10.1. The largest absolute Gasteiger partial charge is 0.444 e. The van der Waals surface area contributed by atoms with E-state index in [1.807, 2.05) is 0 Å². The number of nitrogens with zero attached hydrogens (tertiary/aromatic N) is 3. The Bertz CT molecular complexity index is 629. The summed E-state index contributed by atoms with van der Waals surface area (Å²) in [4.78, 5) is 20.3. The number of oxazole rings is 1. The Kier molecular flexibility index (Phi) is 3.70. The molecule has 2 N–H and O–H groups in total. The number of carbonyl (C=O) groups excluding carboxylic acids is 1. The lowest BCUT2D eigenvalue weighted by atomic mass is 10.2. The Morgan fingerprint density at radius 3 is 3.10 bits per heavy atom. The third-order valence-electron chi connectivity index (χ3n) is 3.36. The molecule has 1 aliphatic heterocycles. The first-order valence-electron chi connectivity index (χ1n) is 6.93. The van der Waals surface area contributed by atoms with E-state index in [-0.39, 0.29) is 17.9 Å². The molecule has 0 aliphatic carbocycles. The van der Waals surface area contributed by atoms with E-state index in [1.165, 1.54) is 0 Å². The van der Waals surface area contributed by atoms with Gasteiger partial charge < -0.3 is 19.6 Å². The summed E-state index contributed by atoms with van der Waals surface area (Å²) in [5, 5.41) is 9.69. The van der Waals surface area contributed by atoms with Gasteiger partial charge in [-0.3, -0.25) is 4.79 Å². The van der Waals surface area contributed by atoms with Crippen LogP contribution in [-0.4, -0.2) is 27.6 Å². The van der Waals surface area contributed by atoms with Crippen molar-refractivity contribution in [3.8, 4) is 0 Å². The van der Waals surface area contributed by atoms with E-state index >= 15 is 0 Å². The van der Waals surface area contributed by atoms with Gasteiger partial charge in [0.2, 0.25) is 11.8 Å². The molecule has 0 bridgehead atoms. The molecular formula is C13H17N5O3. The zero-order valence-electron chi connectivity index (χ0n) is 11.9. The van der Waals surface area contributed by atoms with E-state index in [0.717, 1.165) is 19.4 Å². The van der Waals surface area contributed by atoms with Crippen molar-refractivity contribution in [1.29, 1.82) is 0 Å². The summed E-state index contributed by atoms with van der Waals surface area (Å²) in [6.45, 7) is 4.50. The van der Waals surface area contributed by atoms with Gasteiger partial charge in [-0.1, -0.05) is 5.16 Å². The molecule has 1 saturated heterocycles. The number of hydrogen-bond donors (Lipinski definition) is 2. The van der Waals surface area contributed by atoms with E-state index in [4.69, 9.17) is 8.94 Å². The smallest absolute Gasteiger partial charge is 0.293 e. The number of aryl methyl sites for hydroxylation is 1. The highest BCUT2D eigenvalue weighted by Crippen LogP contribution is 2.21. The monoisotopic (exact) mass is 291 g/mol. The number of nitrogens with one attached hydrogen (secondary N) is 2. The molecule has 0 aromatic carbocycles. The van der Waals surface area contributed by atoms with Crippen molar-refractivity contribution in [2.24, 2.45) is 0 Å². The van der Waals surface area contributed by atoms with E-state index in [0.29, 0.717) is 17.5 Å². The summed E-state index contributed by atoms with van der Waals surface area (Å²) in [6.07, 6.45) is 3.61. The average Bonchev–Trinajstić information content (AvgIpc) is 3.19. The highest BCUT2D eigenvalue weighted by atomic mass is 16.5. The van der Waals surface area contributed by atoms with Crippen LogP contribution in [0.5, 0.6) is 0 Å². The summed E-state index contributed by atoms with van der Waals surface area (Å²) in [5.41, 5.74) is 0. The first-order valence-corrected chi connectivity index (χ1v) is 6.93. The maximum absolute atomic E-state index is 12.1. The van der Waals surface area contributed by atoms with E-state index in [9.17, 15) is 4.79 Å². The molecule has 112 valence electrons. The van der Waals surface area contributed by atoms with Crippen molar-refractivity contribution in [3.63, 3.8) is 0 Å². The molecule has 3 heterocycles. The summed E-state index contributed by atoms with van der Waals surface area (Å²) >= 11 is 0. The van der Waals surface area contributed by atoms with Crippen molar-refractivity contribution < 1.29 is 13.7 Å². The number of aromatic nitrogens is 3. The zero-order chi connectivity index (χ0) is 14.8. The molecule has 1 fully saturated rings. The van der Waals surface area contributed by atoms with E-state index in [2.05, 4.69) is 25.8 Å². The quantitative estimate of drug-likeness (QED) is 0.873. The fourth-order valence-electron chi connectivity index (χ4n) is 2.26. The lowest BCUT2D eigenvalue weighted by molar-refractivity contribution is 0.0920. The highest BCUT2D eigenvalue weighted by molar-refractivity contribution is 5.90. The molecule has 0 radical (unpaired) electrons. The summed E-state index contributed by atoms with van der Waals surface area (Å²) in [6, 6.07) is -0.316. The molecule has 0 saturated carbocycles. The van der Waals surface area contributed by atoms with Gasteiger partial charge in [-0.25, -0.2) is 4.98 Å². The van der Waals surface area contributed by atoms with Crippen molar-refractivity contribution >= 4 is 5.91 Å². The minimum Gasteiger partial charge on any atom is -0.444 e. The van der Waals surface area contributed by atoms with Gasteiger partial charge in [0, 0.05) is 0 Å². The first kappa shape index (κ1) is 13.7. The van der Waals surface area contributed by atoms with Gasteiger partial charge in [0.1, 0.15) is 11.8 Å². The number of rotatable bonds is 4. The Morgan fingerprint density at radius 2 is 2.43 bits per heavy atom. The molecular weight excluding hydrogens is 274 g/mol. The van der Waals surface area contributed by atoms with Crippen LogP contribution in [0.2, 0.25) is 0 Å². The van der Waals surface area contributed by atoms with Gasteiger partial charge in [0.15, 0.2) is 0 Å². The Balaban J connectivity index is 1.65. The van der Waals surface area contributed by atoms with E-state index in [1.54, 1.807) is 20.0 Å². The van der Waals surface area contributed by atoms with E-state index < -0.39 is 5.91 Å².